The van der Waals surface area contributed by atoms with Crippen molar-refractivity contribution >= 4 is 11.8 Å². The number of benzene rings is 2. The number of oxazole rings is 1. The largest absolute Gasteiger partial charge is 0.444 e. The number of amides is 2. The first-order valence-corrected chi connectivity index (χ1v) is 10.5. The van der Waals surface area contributed by atoms with Crippen LogP contribution in [0.15, 0.2) is 59.2 Å². The van der Waals surface area contributed by atoms with Crippen molar-refractivity contribution in [2.24, 2.45) is 0 Å². The van der Waals surface area contributed by atoms with Crippen LogP contribution < -0.4 is 5.32 Å². The van der Waals surface area contributed by atoms with E-state index in [9.17, 15) is 22.8 Å². The van der Waals surface area contributed by atoms with Crippen molar-refractivity contribution in [3.8, 4) is 11.5 Å². The first-order chi connectivity index (χ1) is 15.8. The summed E-state index contributed by atoms with van der Waals surface area (Å²) >= 11 is 0. The predicted octanol–water partition coefficient (Wildman–Crippen LogP) is 4.21. The summed E-state index contributed by atoms with van der Waals surface area (Å²) in [6, 6.07) is 13.1. The third-order valence-corrected chi connectivity index (χ3v) is 5.40. The SMILES string of the molecule is O=C(Cc1ccccc1F)NCc1ccc(-c2nc(C(=O)N3CCCC(F)(F)C3)co2)cc1. The Morgan fingerprint density at radius 3 is 2.61 bits per heavy atom. The lowest BCUT2D eigenvalue weighted by molar-refractivity contribution is -0.120. The minimum absolute atomic E-state index is 0.0211. The van der Waals surface area contributed by atoms with Crippen molar-refractivity contribution in [1.29, 1.82) is 0 Å². The molecule has 33 heavy (non-hydrogen) atoms. The summed E-state index contributed by atoms with van der Waals surface area (Å²) in [5.74, 6) is -4.00. The highest BCUT2D eigenvalue weighted by Crippen LogP contribution is 2.28. The molecule has 1 aliphatic heterocycles. The van der Waals surface area contributed by atoms with Gasteiger partial charge in [-0.3, -0.25) is 9.59 Å². The van der Waals surface area contributed by atoms with Crippen LogP contribution in [0, 0.1) is 5.82 Å². The highest BCUT2D eigenvalue weighted by atomic mass is 19.3. The van der Waals surface area contributed by atoms with Crippen LogP contribution in [0.25, 0.3) is 11.5 Å². The molecule has 1 N–H and O–H groups in total. The van der Waals surface area contributed by atoms with E-state index in [1.807, 2.05) is 0 Å². The van der Waals surface area contributed by atoms with Gasteiger partial charge in [-0.1, -0.05) is 30.3 Å². The molecule has 1 aromatic heterocycles. The molecule has 0 unspecified atom stereocenters. The van der Waals surface area contributed by atoms with E-state index in [0.717, 1.165) is 10.5 Å². The van der Waals surface area contributed by atoms with Crippen LogP contribution in [0.2, 0.25) is 0 Å². The number of carbonyl (C=O) groups is 2. The van der Waals surface area contributed by atoms with Crippen molar-refractivity contribution in [3.63, 3.8) is 0 Å². The summed E-state index contributed by atoms with van der Waals surface area (Å²) in [4.78, 5) is 29.8. The fraction of sp³-hybridized carbons (Fsp3) is 0.292. The lowest BCUT2D eigenvalue weighted by atomic mass is 10.1. The second-order valence-corrected chi connectivity index (χ2v) is 7.97. The summed E-state index contributed by atoms with van der Waals surface area (Å²) in [7, 11) is 0. The van der Waals surface area contributed by atoms with Gasteiger partial charge in [-0.25, -0.2) is 18.2 Å². The summed E-state index contributed by atoms with van der Waals surface area (Å²) in [5, 5.41) is 2.74. The molecule has 2 amide bonds. The normalized spacial score (nSPS) is 15.3. The molecule has 1 saturated heterocycles. The number of rotatable bonds is 6. The first kappa shape index (κ1) is 22.6. The Bertz CT molecular complexity index is 1150. The van der Waals surface area contributed by atoms with Crippen LogP contribution in [0.1, 0.15) is 34.5 Å². The Kier molecular flexibility index (Phi) is 6.48. The number of aromatic nitrogens is 1. The maximum Gasteiger partial charge on any atom is 0.276 e. The van der Waals surface area contributed by atoms with Crippen LogP contribution in [0.5, 0.6) is 0 Å². The fourth-order valence-electron chi connectivity index (χ4n) is 3.65. The number of piperidine rings is 1. The summed E-state index contributed by atoms with van der Waals surface area (Å²) in [6.45, 7) is -0.106. The molecule has 2 aromatic carbocycles. The molecule has 1 fully saturated rings. The minimum atomic E-state index is -2.89. The zero-order valence-electron chi connectivity index (χ0n) is 17.7. The maximum atomic E-state index is 13.7. The van der Waals surface area contributed by atoms with Gasteiger partial charge in [0.25, 0.3) is 11.8 Å². The standard InChI is InChI=1S/C24H22F3N3O3/c25-19-5-2-1-4-18(19)12-21(31)28-13-16-6-8-17(9-7-16)22-29-20(14-33-22)23(32)30-11-3-10-24(26,27)15-30/h1-2,4-9,14H,3,10-13,15H2,(H,28,31). The molecule has 2 heterocycles. The van der Waals surface area contributed by atoms with Crippen molar-refractivity contribution in [3.05, 3.63) is 77.4 Å². The van der Waals surface area contributed by atoms with Gasteiger partial charge in [0.05, 0.1) is 13.0 Å². The number of alkyl halides is 2. The van der Waals surface area contributed by atoms with Crippen molar-refractivity contribution in [2.75, 3.05) is 13.1 Å². The van der Waals surface area contributed by atoms with Gasteiger partial charge >= 0.3 is 0 Å². The quantitative estimate of drug-likeness (QED) is 0.602. The Morgan fingerprint density at radius 2 is 1.88 bits per heavy atom. The van der Waals surface area contributed by atoms with Crippen LogP contribution in [0.4, 0.5) is 13.2 Å². The Balaban J connectivity index is 1.34. The number of hydrogen-bond acceptors (Lipinski definition) is 4. The molecule has 6 nitrogen and oxygen atoms in total. The van der Waals surface area contributed by atoms with E-state index in [1.54, 1.807) is 42.5 Å². The zero-order valence-corrected chi connectivity index (χ0v) is 17.7. The van der Waals surface area contributed by atoms with E-state index in [2.05, 4.69) is 10.3 Å². The molecule has 4 rings (SSSR count). The van der Waals surface area contributed by atoms with E-state index in [-0.39, 0.29) is 49.8 Å². The van der Waals surface area contributed by atoms with Gasteiger partial charge in [-0.2, -0.15) is 0 Å². The van der Waals surface area contributed by atoms with Gasteiger partial charge in [0.2, 0.25) is 11.8 Å². The van der Waals surface area contributed by atoms with Gasteiger partial charge in [0.15, 0.2) is 5.69 Å². The smallest absolute Gasteiger partial charge is 0.276 e. The molecule has 172 valence electrons. The van der Waals surface area contributed by atoms with Gasteiger partial charge in [0, 0.05) is 25.1 Å². The predicted molar refractivity (Wildman–Crippen MR) is 114 cm³/mol. The molecule has 1 aliphatic rings. The summed E-state index contributed by atoms with van der Waals surface area (Å²) in [6.07, 6.45) is 1.13. The summed E-state index contributed by atoms with van der Waals surface area (Å²) in [5.41, 5.74) is 1.71. The number of nitrogens with one attached hydrogen (secondary N) is 1. The molecule has 3 aromatic rings. The van der Waals surface area contributed by atoms with Crippen LogP contribution in [-0.4, -0.2) is 40.7 Å². The number of halogens is 3. The Hall–Kier alpha value is -3.62. The second kappa shape index (κ2) is 9.48. The maximum absolute atomic E-state index is 13.7. The van der Waals surface area contributed by atoms with Gasteiger partial charge in [-0.15, -0.1) is 0 Å². The Labute approximate surface area is 188 Å². The van der Waals surface area contributed by atoms with Crippen LogP contribution in [0.3, 0.4) is 0 Å². The molecule has 0 spiro atoms. The fourth-order valence-corrected chi connectivity index (χ4v) is 3.65. The van der Waals surface area contributed by atoms with E-state index < -0.39 is 24.2 Å². The Morgan fingerprint density at radius 1 is 1.12 bits per heavy atom. The zero-order chi connectivity index (χ0) is 23.4. The topological polar surface area (TPSA) is 75.4 Å². The molecule has 0 atom stereocenters. The second-order valence-electron chi connectivity index (χ2n) is 7.97. The lowest BCUT2D eigenvalue weighted by Crippen LogP contribution is -2.45. The number of carbonyl (C=O) groups excluding carboxylic acids is 2. The molecule has 9 heteroatoms. The van der Waals surface area contributed by atoms with Crippen molar-refractivity contribution in [1.82, 2.24) is 15.2 Å². The monoisotopic (exact) mass is 457 g/mol. The average molecular weight is 457 g/mol. The number of likely N-dealkylation sites (tertiary alicyclic amines) is 1. The molecule has 0 bridgehead atoms. The third-order valence-electron chi connectivity index (χ3n) is 5.40. The van der Waals surface area contributed by atoms with E-state index in [0.29, 0.717) is 11.1 Å². The molecule has 0 radical (unpaired) electrons. The number of nitrogens with zero attached hydrogens (tertiary/aromatic N) is 2. The molecule has 0 aliphatic carbocycles. The summed E-state index contributed by atoms with van der Waals surface area (Å²) < 4.78 is 46.2. The van der Waals surface area contributed by atoms with E-state index in [4.69, 9.17) is 4.42 Å². The molecule has 0 saturated carbocycles. The third kappa shape index (κ3) is 5.60. The number of hydrogen-bond donors (Lipinski definition) is 1. The van der Waals surface area contributed by atoms with Crippen molar-refractivity contribution < 1.29 is 27.2 Å². The van der Waals surface area contributed by atoms with Gasteiger partial charge in [0.1, 0.15) is 12.1 Å². The van der Waals surface area contributed by atoms with Gasteiger partial charge < -0.3 is 14.6 Å². The molecular weight excluding hydrogens is 435 g/mol. The van der Waals surface area contributed by atoms with E-state index in [1.165, 1.54) is 12.3 Å². The first-order valence-electron chi connectivity index (χ1n) is 10.5. The highest BCUT2D eigenvalue weighted by molar-refractivity contribution is 5.92. The minimum Gasteiger partial charge on any atom is -0.444 e. The van der Waals surface area contributed by atoms with E-state index >= 15 is 0 Å². The van der Waals surface area contributed by atoms with Crippen LogP contribution in [-0.2, 0) is 17.8 Å². The molecular formula is C24H22F3N3O3. The van der Waals surface area contributed by atoms with Gasteiger partial charge in [-0.05, 0) is 35.7 Å². The van der Waals surface area contributed by atoms with Crippen LogP contribution >= 0.6 is 0 Å². The highest BCUT2D eigenvalue weighted by Gasteiger charge is 2.38. The average Bonchev–Trinajstić information content (AvgIpc) is 3.29. The van der Waals surface area contributed by atoms with Crippen molar-refractivity contribution in [2.45, 2.75) is 31.7 Å². The lowest BCUT2D eigenvalue weighted by Gasteiger charge is -2.31.